The van der Waals surface area contributed by atoms with Gasteiger partial charge in [0.1, 0.15) is 5.76 Å². The minimum absolute atomic E-state index is 0.256. The predicted molar refractivity (Wildman–Crippen MR) is 90.6 cm³/mol. The van der Waals surface area contributed by atoms with E-state index in [0.29, 0.717) is 13.2 Å². The minimum atomic E-state index is 0.256. The largest absolute Gasteiger partial charge is 0.468 e. The number of ether oxygens (including phenoxy) is 1. The topological polar surface area (TPSA) is 56.3 Å². The summed E-state index contributed by atoms with van der Waals surface area (Å²) in [4.78, 5) is 11.1. The van der Waals surface area contributed by atoms with E-state index in [4.69, 9.17) is 9.15 Å². The Kier molecular flexibility index (Phi) is 4.46. The molecule has 7 heteroatoms. The van der Waals surface area contributed by atoms with Crippen molar-refractivity contribution in [2.24, 2.45) is 0 Å². The summed E-state index contributed by atoms with van der Waals surface area (Å²) in [6, 6.07) is 4.20. The molecule has 0 aliphatic carbocycles. The number of hydrogen-bond acceptors (Lipinski definition) is 6. The Morgan fingerprint density at radius 2 is 2.42 bits per heavy atom. The number of fused-ring (bicyclic) bond motifs is 1. The quantitative estimate of drug-likeness (QED) is 0.688. The molecular weight excluding hydrogens is 324 g/mol. The van der Waals surface area contributed by atoms with Gasteiger partial charge in [-0.15, -0.1) is 11.3 Å². The van der Waals surface area contributed by atoms with Gasteiger partial charge in [-0.25, -0.2) is 9.97 Å². The molecule has 1 aliphatic rings. The molecule has 1 aliphatic heterocycles. The molecule has 3 aromatic heterocycles. The van der Waals surface area contributed by atoms with Crippen molar-refractivity contribution in [1.29, 1.82) is 0 Å². The van der Waals surface area contributed by atoms with Crippen molar-refractivity contribution in [3.8, 4) is 0 Å². The van der Waals surface area contributed by atoms with Gasteiger partial charge in [-0.3, -0.25) is 4.90 Å². The molecule has 0 bridgehead atoms. The molecule has 3 aromatic rings. The van der Waals surface area contributed by atoms with E-state index in [2.05, 4.69) is 24.8 Å². The number of thiazole rings is 1. The zero-order valence-electron chi connectivity index (χ0n) is 13.6. The molecule has 0 amide bonds. The van der Waals surface area contributed by atoms with Crippen LogP contribution >= 0.6 is 11.3 Å². The summed E-state index contributed by atoms with van der Waals surface area (Å²) in [6.45, 7) is 5.82. The summed E-state index contributed by atoms with van der Waals surface area (Å²) in [6.07, 6.45) is 5.56. The van der Waals surface area contributed by atoms with Crippen molar-refractivity contribution < 1.29 is 9.15 Å². The van der Waals surface area contributed by atoms with Crippen LogP contribution in [0.25, 0.3) is 0 Å². The summed E-state index contributed by atoms with van der Waals surface area (Å²) in [7, 11) is 0. The highest BCUT2D eigenvalue weighted by Gasteiger charge is 2.25. The van der Waals surface area contributed by atoms with E-state index in [-0.39, 0.29) is 6.04 Å². The van der Waals surface area contributed by atoms with Crippen LogP contribution in [0.4, 0.5) is 0 Å². The minimum Gasteiger partial charge on any atom is -0.468 e. The van der Waals surface area contributed by atoms with Crippen LogP contribution in [0, 0.1) is 6.92 Å². The molecule has 6 nitrogen and oxygen atoms in total. The lowest BCUT2D eigenvalue weighted by molar-refractivity contribution is 0.0558. The lowest BCUT2D eigenvalue weighted by Gasteiger charge is -2.33. The summed E-state index contributed by atoms with van der Waals surface area (Å²) >= 11 is 1.66. The molecule has 4 heterocycles. The van der Waals surface area contributed by atoms with Gasteiger partial charge in [0.25, 0.3) is 0 Å². The smallest absolute Gasteiger partial charge is 0.117 e. The Labute approximate surface area is 144 Å². The van der Waals surface area contributed by atoms with Crippen LogP contribution in [0.1, 0.15) is 28.2 Å². The van der Waals surface area contributed by atoms with Crippen molar-refractivity contribution in [3.63, 3.8) is 0 Å². The average molecular weight is 344 g/mol. The van der Waals surface area contributed by atoms with E-state index in [0.717, 1.165) is 36.1 Å². The van der Waals surface area contributed by atoms with E-state index in [9.17, 15) is 0 Å². The monoisotopic (exact) mass is 344 g/mol. The van der Waals surface area contributed by atoms with Gasteiger partial charge >= 0.3 is 0 Å². The number of aryl methyl sites for hydroxylation is 1. The number of rotatable bonds is 6. The third-order valence-electron chi connectivity index (χ3n) is 4.18. The van der Waals surface area contributed by atoms with Crippen LogP contribution in [-0.4, -0.2) is 32.6 Å². The highest BCUT2D eigenvalue weighted by Crippen LogP contribution is 2.23. The van der Waals surface area contributed by atoms with Crippen LogP contribution < -0.4 is 0 Å². The normalized spacial score (nSPS) is 18.0. The van der Waals surface area contributed by atoms with Gasteiger partial charge in [0.05, 0.1) is 54.8 Å². The maximum atomic E-state index is 5.93. The molecule has 0 aromatic carbocycles. The van der Waals surface area contributed by atoms with Crippen molar-refractivity contribution >= 4 is 11.3 Å². The molecular formula is C17H20N4O2S. The van der Waals surface area contributed by atoms with E-state index in [1.165, 1.54) is 5.69 Å². The van der Waals surface area contributed by atoms with Gasteiger partial charge in [-0.1, -0.05) is 0 Å². The van der Waals surface area contributed by atoms with Gasteiger partial charge < -0.3 is 13.7 Å². The molecule has 4 rings (SSSR count). The zero-order valence-corrected chi connectivity index (χ0v) is 14.4. The first-order chi connectivity index (χ1) is 11.8. The first-order valence-electron chi connectivity index (χ1n) is 8.02. The summed E-state index contributed by atoms with van der Waals surface area (Å²) in [5, 5.41) is 3.13. The number of furan rings is 1. The van der Waals surface area contributed by atoms with Gasteiger partial charge in [0.2, 0.25) is 0 Å². The van der Waals surface area contributed by atoms with Crippen molar-refractivity contribution in [2.45, 2.75) is 32.7 Å². The van der Waals surface area contributed by atoms with Gasteiger partial charge in [-0.2, -0.15) is 0 Å². The Morgan fingerprint density at radius 1 is 1.46 bits per heavy atom. The van der Waals surface area contributed by atoms with Crippen molar-refractivity contribution in [2.75, 3.05) is 13.2 Å². The lowest BCUT2D eigenvalue weighted by Crippen LogP contribution is -2.38. The van der Waals surface area contributed by atoms with E-state index < -0.39 is 0 Å². The fraction of sp³-hybridized carbons (Fsp3) is 0.412. The van der Waals surface area contributed by atoms with Crippen LogP contribution in [-0.2, 0) is 24.4 Å². The standard InChI is InChI=1S/C17H20N4O2S/c1-13-19-14(11-24-13)9-22-10-16-7-20(8-17-3-2-4-23-17)6-15-5-18-12-21(15)16/h2-5,11-12,16H,6-10H2,1H3/t16-/m0/s1. The SMILES string of the molecule is Cc1nc(COC[C@@H]2CN(Cc3ccco3)Cc3cncn32)cs1. The van der Waals surface area contributed by atoms with Gasteiger partial charge in [0.15, 0.2) is 0 Å². The summed E-state index contributed by atoms with van der Waals surface area (Å²) < 4.78 is 13.6. The molecule has 0 fully saturated rings. The first-order valence-corrected chi connectivity index (χ1v) is 8.90. The van der Waals surface area contributed by atoms with Crippen LogP contribution in [0.3, 0.4) is 0 Å². The first kappa shape index (κ1) is 15.6. The second-order valence-electron chi connectivity index (χ2n) is 6.07. The fourth-order valence-corrected chi connectivity index (χ4v) is 3.71. The number of aromatic nitrogens is 3. The molecule has 0 saturated heterocycles. The Balaban J connectivity index is 1.39. The highest BCUT2D eigenvalue weighted by atomic mass is 32.1. The average Bonchev–Trinajstić information content (AvgIpc) is 3.29. The molecule has 0 spiro atoms. The molecule has 24 heavy (non-hydrogen) atoms. The second-order valence-corrected chi connectivity index (χ2v) is 7.13. The van der Waals surface area contributed by atoms with Gasteiger partial charge in [-0.05, 0) is 19.1 Å². The predicted octanol–water partition coefficient (Wildman–Crippen LogP) is 3.01. The summed E-state index contributed by atoms with van der Waals surface area (Å²) in [5.74, 6) is 0.987. The highest BCUT2D eigenvalue weighted by molar-refractivity contribution is 7.09. The number of nitrogens with zero attached hydrogens (tertiary/aromatic N) is 4. The van der Waals surface area contributed by atoms with Crippen LogP contribution in [0.15, 0.2) is 40.7 Å². The molecule has 0 radical (unpaired) electrons. The van der Waals surface area contributed by atoms with Crippen molar-refractivity contribution in [1.82, 2.24) is 19.4 Å². The molecule has 0 N–H and O–H groups in total. The summed E-state index contributed by atoms with van der Waals surface area (Å²) in [5.41, 5.74) is 2.22. The number of hydrogen-bond donors (Lipinski definition) is 0. The van der Waals surface area contributed by atoms with Crippen molar-refractivity contribution in [3.05, 3.63) is 58.5 Å². The molecule has 1 atom stereocenters. The van der Waals surface area contributed by atoms with Crippen LogP contribution in [0.5, 0.6) is 0 Å². The lowest BCUT2D eigenvalue weighted by atomic mass is 10.2. The Morgan fingerprint density at radius 3 is 3.21 bits per heavy atom. The van der Waals surface area contributed by atoms with Gasteiger partial charge in [0, 0.05) is 24.7 Å². The second kappa shape index (κ2) is 6.88. The van der Waals surface area contributed by atoms with E-state index in [1.54, 1.807) is 17.6 Å². The molecule has 0 unspecified atom stereocenters. The third kappa shape index (κ3) is 3.43. The third-order valence-corrected chi connectivity index (χ3v) is 5.00. The number of imidazole rings is 1. The maximum Gasteiger partial charge on any atom is 0.117 e. The Bertz CT molecular complexity index is 780. The molecule has 126 valence electrons. The van der Waals surface area contributed by atoms with E-state index >= 15 is 0 Å². The van der Waals surface area contributed by atoms with Crippen LogP contribution in [0.2, 0.25) is 0 Å². The zero-order chi connectivity index (χ0) is 16.4. The fourth-order valence-electron chi connectivity index (χ4n) is 3.11. The Hall–Kier alpha value is -1.96. The van der Waals surface area contributed by atoms with E-state index in [1.807, 2.05) is 31.6 Å². The maximum absolute atomic E-state index is 5.93. The molecule has 0 saturated carbocycles.